The fourth-order valence-corrected chi connectivity index (χ4v) is 3.52. The van der Waals surface area contributed by atoms with Gasteiger partial charge in [0.25, 0.3) is 0 Å². The zero-order valence-corrected chi connectivity index (χ0v) is 21.0. The number of nitrogens with one attached hydrogen (secondary N) is 1. The van der Waals surface area contributed by atoms with Crippen LogP contribution in [0.1, 0.15) is 67.4 Å². The average molecular weight is 424 g/mol. The highest BCUT2D eigenvalue weighted by Crippen LogP contribution is 2.37. The van der Waals surface area contributed by atoms with Crippen LogP contribution in [0.25, 0.3) is 0 Å². The quantitative estimate of drug-likeness (QED) is 0.555. The maximum Gasteiger partial charge on any atom is 0.408 e. The van der Waals surface area contributed by atoms with Gasteiger partial charge in [0.15, 0.2) is 0 Å². The number of amides is 1. The second-order valence-corrected chi connectivity index (χ2v) is 15.5. The molecule has 1 aromatic rings. The highest BCUT2D eigenvalue weighted by Gasteiger charge is 2.39. The molecular weight excluding hydrogens is 382 g/mol. The van der Waals surface area contributed by atoms with Crippen LogP contribution < -0.4 is 9.74 Å². The maximum atomic E-state index is 12.2. The molecule has 0 saturated carbocycles. The molecule has 0 fully saturated rings. The van der Waals surface area contributed by atoms with E-state index in [4.69, 9.17) is 9.16 Å². The second kappa shape index (κ2) is 9.09. The smallest absolute Gasteiger partial charge is 0.408 e. The van der Waals surface area contributed by atoms with Gasteiger partial charge in [0.2, 0.25) is 8.32 Å². The number of alkyl carbamates (subject to hydrolysis) is 1. The van der Waals surface area contributed by atoms with Crippen LogP contribution in [-0.2, 0) is 11.2 Å². The van der Waals surface area contributed by atoms with E-state index in [1.54, 1.807) is 6.92 Å². The number of ether oxygens (including phenoxy) is 1. The Labute approximate surface area is 178 Å². The Bertz CT molecular complexity index is 672. The van der Waals surface area contributed by atoms with Gasteiger partial charge in [-0.15, -0.1) is 0 Å². The van der Waals surface area contributed by atoms with E-state index < -0.39 is 31.7 Å². The molecule has 0 aliphatic heterocycles. The van der Waals surface area contributed by atoms with Crippen LogP contribution in [0, 0.1) is 0 Å². The highest BCUT2D eigenvalue weighted by molar-refractivity contribution is 6.74. The molecule has 1 aromatic carbocycles. The van der Waals surface area contributed by atoms with Gasteiger partial charge >= 0.3 is 6.09 Å². The number of hydrogen-bond acceptors (Lipinski definition) is 4. The number of aliphatic hydroxyl groups is 1. The summed E-state index contributed by atoms with van der Waals surface area (Å²) in [7, 11) is -1.86. The zero-order valence-electron chi connectivity index (χ0n) is 20.0. The lowest BCUT2D eigenvalue weighted by Crippen LogP contribution is -2.54. The van der Waals surface area contributed by atoms with Crippen LogP contribution in [0.2, 0.25) is 18.1 Å². The van der Waals surface area contributed by atoms with Crippen molar-refractivity contribution in [3.63, 3.8) is 0 Å². The van der Waals surface area contributed by atoms with Crippen LogP contribution >= 0.6 is 0 Å². The van der Waals surface area contributed by atoms with Crippen molar-refractivity contribution >= 4 is 14.4 Å². The molecule has 0 heterocycles. The molecule has 0 aromatic heterocycles. The van der Waals surface area contributed by atoms with Crippen LogP contribution in [0.15, 0.2) is 24.3 Å². The van der Waals surface area contributed by atoms with Gasteiger partial charge in [0.1, 0.15) is 11.4 Å². The zero-order chi connectivity index (χ0) is 22.7. The Kier molecular flexibility index (Phi) is 7.99. The molecule has 2 atom stereocenters. The fraction of sp³-hybridized carbons (Fsp3) is 0.696. The van der Waals surface area contributed by atoms with Crippen LogP contribution in [0.3, 0.4) is 0 Å². The number of rotatable bonds is 7. The first-order valence-corrected chi connectivity index (χ1v) is 13.3. The molecular formula is C23H41NO4Si. The van der Waals surface area contributed by atoms with E-state index in [-0.39, 0.29) is 5.04 Å². The molecule has 0 aliphatic carbocycles. The van der Waals surface area contributed by atoms with Crippen LogP contribution in [-0.4, -0.2) is 36.8 Å². The molecule has 0 aliphatic rings. The summed E-state index contributed by atoms with van der Waals surface area (Å²) in [5.41, 5.74) is -0.229. The van der Waals surface area contributed by atoms with Gasteiger partial charge in [-0.05, 0) is 83.3 Å². The summed E-state index contributed by atoms with van der Waals surface area (Å²) < 4.78 is 11.7. The van der Waals surface area contributed by atoms with Crippen molar-refractivity contribution in [1.29, 1.82) is 0 Å². The maximum absolute atomic E-state index is 12.2. The average Bonchev–Trinajstić information content (AvgIpc) is 2.50. The molecule has 1 amide bonds. The van der Waals surface area contributed by atoms with Gasteiger partial charge in [-0.25, -0.2) is 4.79 Å². The van der Waals surface area contributed by atoms with Gasteiger partial charge in [-0.2, -0.15) is 0 Å². The normalized spacial score (nSPS) is 16.0. The third kappa shape index (κ3) is 8.01. The van der Waals surface area contributed by atoms with Crippen LogP contribution in [0.5, 0.6) is 5.75 Å². The first-order valence-electron chi connectivity index (χ1n) is 10.4. The van der Waals surface area contributed by atoms with Crippen molar-refractivity contribution in [1.82, 2.24) is 5.32 Å². The van der Waals surface area contributed by atoms with Gasteiger partial charge in [0.05, 0.1) is 11.6 Å². The van der Waals surface area contributed by atoms with Gasteiger partial charge in [-0.3, -0.25) is 0 Å². The Morgan fingerprint density at radius 3 is 2.00 bits per heavy atom. The fourth-order valence-electron chi connectivity index (χ4n) is 2.49. The molecule has 2 N–H and O–H groups in total. The first-order chi connectivity index (χ1) is 13.0. The summed E-state index contributed by atoms with van der Waals surface area (Å²) in [6.07, 6.45) is 0.0828. The van der Waals surface area contributed by atoms with E-state index in [1.165, 1.54) is 0 Å². The molecule has 0 bridgehead atoms. The predicted octanol–water partition coefficient (Wildman–Crippen LogP) is 5.67. The minimum atomic E-state index is -1.86. The minimum Gasteiger partial charge on any atom is -0.544 e. The number of hydrogen-bond donors (Lipinski definition) is 2. The van der Waals surface area contributed by atoms with E-state index in [9.17, 15) is 9.90 Å². The lowest BCUT2D eigenvalue weighted by Gasteiger charge is -2.36. The summed E-state index contributed by atoms with van der Waals surface area (Å²) in [6.45, 7) is 20.1. The molecule has 0 unspecified atom stereocenters. The van der Waals surface area contributed by atoms with E-state index in [2.05, 4.69) is 51.3 Å². The Balaban J connectivity index is 2.78. The number of aryl methyl sites for hydroxylation is 1. The lowest BCUT2D eigenvalue weighted by molar-refractivity contribution is 0.0276. The highest BCUT2D eigenvalue weighted by atomic mass is 28.4. The number of carbonyl (C=O) groups excluding carboxylic acids is 1. The Hall–Kier alpha value is -1.53. The Morgan fingerprint density at radius 2 is 1.59 bits per heavy atom. The number of carbonyl (C=O) groups is 1. The van der Waals surface area contributed by atoms with Gasteiger partial charge in [-0.1, -0.05) is 32.9 Å². The third-order valence-electron chi connectivity index (χ3n) is 5.74. The van der Waals surface area contributed by atoms with E-state index in [0.717, 1.165) is 17.7 Å². The lowest BCUT2D eigenvalue weighted by atomic mass is 9.88. The molecule has 5 nitrogen and oxygen atoms in total. The van der Waals surface area contributed by atoms with Crippen molar-refractivity contribution in [3.05, 3.63) is 29.8 Å². The standard InChI is InChI=1S/C23H41NO4Si/c1-17(25)23(8,24-20(26)27-21(2,3)4)16-15-18-11-13-19(14-12-18)28-29(9,10)22(5,6)7/h11-14,17,25H,15-16H2,1-10H3,(H,24,26)/t17-,23+/m1/s1. The summed E-state index contributed by atoms with van der Waals surface area (Å²) in [4.78, 5) is 12.2. The van der Waals surface area contributed by atoms with Crippen molar-refractivity contribution in [3.8, 4) is 5.75 Å². The topological polar surface area (TPSA) is 67.8 Å². The minimum absolute atomic E-state index is 0.151. The summed E-state index contributed by atoms with van der Waals surface area (Å²) in [5.74, 6) is 0.894. The SMILES string of the molecule is C[C@@H](O)[C@](C)(CCc1ccc(O[Si](C)(C)C(C)(C)C)cc1)NC(=O)OC(C)(C)C. The number of aliphatic hydroxyl groups excluding tert-OH is 1. The molecule has 6 heteroatoms. The largest absolute Gasteiger partial charge is 0.544 e. The Morgan fingerprint density at radius 1 is 1.07 bits per heavy atom. The van der Waals surface area contributed by atoms with E-state index >= 15 is 0 Å². The molecule has 1 rings (SSSR count). The molecule has 166 valence electrons. The van der Waals surface area contributed by atoms with Crippen molar-refractivity contribution in [2.75, 3.05) is 0 Å². The van der Waals surface area contributed by atoms with Crippen molar-refractivity contribution < 1.29 is 19.1 Å². The van der Waals surface area contributed by atoms with Gasteiger partial charge < -0.3 is 19.6 Å². The monoisotopic (exact) mass is 423 g/mol. The van der Waals surface area contributed by atoms with E-state index in [0.29, 0.717) is 6.42 Å². The molecule has 29 heavy (non-hydrogen) atoms. The van der Waals surface area contributed by atoms with E-state index in [1.807, 2.05) is 39.8 Å². The third-order valence-corrected chi connectivity index (χ3v) is 10.1. The van der Waals surface area contributed by atoms with Gasteiger partial charge in [0, 0.05) is 0 Å². The molecule has 0 radical (unpaired) electrons. The second-order valence-electron chi connectivity index (χ2n) is 10.7. The summed E-state index contributed by atoms with van der Waals surface area (Å²) in [6, 6.07) is 8.13. The van der Waals surface area contributed by atoms with Crippen LogP contribution in [0.4, 0.5) is 4.79 Å². The molecule has 0 spiro atoms. The summed E-state index contributed by atoms with van der Waals surface area (Å²) >= 11 is 0. The van der Waals surface area contributed by atoms with Crippen molar-refractivity contribution in [2.24, 2.45) is 0 Å². The number of benzene rings is 1. The van der Waals surface area contributed by atoms with Crippen molar-refractivity contribution in [2.45, 2.75) is 104 Å². The molecule has 0 saturated heterocycles. The predicted molar refractivity (Wildman–Crippen MR) is 122 cm³/mol. The first kappa shape index (κ1) is 25.5. The summed E-state index contributed by atoms with van der Waals surface area (Å²) in [5, 5.41) is 13.3.